The molecule has 0 saturated carbocycles. The average Bonchev–Trinajstić information content (AvgIpc) is 3.33. The van der Waals surface area contributed by atoms with Crippen LogP contribution >= 0.6 is 22.9 Å². The molecule has 1 aromatic carbocycles. The fourth-order valence-corrected chi connectivity index (χ4v) is 3.90. The van der Waals surface area contributed by atoms with Gasteiger partial charge in [-0.2, -0.15) is 0 Å². The van der Waals surface area contributed by atoms with Crippen LogP contribution in [-0.2, 0) is 6.54 Å². The lowest BCUT2D eigenvalue weighted by atomic mass is 10.2. The number of hydrogen-bond acceptors (Lipinski definition) is 6. The molecule has 0 fully saturated rings. The van der Waals surface area contributed by atoms with Crippen molar-refractivity contribution in [3.8, 4) is 10.6 Å². The van der Waals surface area contributed by atoms with E-state index in [4.69, 9.17) is 16.1 Å². The molecule has 10 heteroatoms. The van der Waals surface area contributed by atoms with Gasteiger partial charge >= 0.3 is 5.97 Å². The second-order valence-electron chi connectivity index (χ2n) is 5.68. The molecule has 0 aliphatic heterocycles. The summed E-state index contributed by atoms with van der Waals surface area (Å²) in [4.78, 5) is 23.3. The van der Waals surface area contributed by atoms with E-state index in [0.29, 0.717) is 21.2 Å². The number of para-hydroxylation sites is 1. The molecule has 0 bridgehead atoms. The number of nitro benzene ring substituents is 1. The van der Waals surface area contributed by atoms with Gasteiger partial charge in [0.15, 0.2) is 5.76 Å². The number of rotatable bonds is 5. The zero-order chi connectivity index (χ0) is 19.1. The van der Waals surface area contributed by atoms with Gasteiger partial charge in [0.2, 0.25) is 0 Å². The van der Waals surface area contributed by atoms with Crippen LogP contribution in [0.1, 0.15) is 16.2 Å². The highest BCUT2D eigenvalue weighted by atomic mass is 35.5. The summed E-state index contributed by atoms with van der Waals surface area (Å²) in [6.07, 6.45) is 0. The zero-order valence-electron chi connectivity index (χ0n) is 13.5. The van der Waals surface area contributed by atoms with E-state index in [0.717, 1.165) is 4.88 Å². The summed E-state index contributed by atoms with van der Waals surface area (Å²) >= 11 is 7.24. The lowest BCUT2D eigenvalue weighted by molar-refractivity contribution is -0.383. The molecular weight excluding hydrogens is 394 g/mol. The van der Waals surface area contributed by atoms with E-state index in [-0.39, 0.29) is 23.4 Å². The zero-order valence-corrected chi connectivity index (χ0v) is 15.0. The normalized spacial score (nSPS) is 11.1. The molecule has 0 spiro atoms. The van der Waals surface area contributed by atoms with Crippen molar-refractivity contribution in [2.24, 2.45) is 0 Å². The minimum absolute atomic E-state index is 0.0125. The van der Waals surface area contributed by atoms with Crippen molar-refractivity contribution in [2.45, 2.75) is 6.54 Å². The Morgan fingerprint density at radius 2 is 2.15 bits per heavy atom. The SMILES string of the molecule is O=C(O)c1cc2cccc([N+](=O)[O-])c2n1Cc1cc(-c2ccc(Cl)s2)on1. The third-order valence-electron chi connectivity index (χ3n) is 4.01. The molecule has 0 radical (unpaired) electrons. The van der Waals surface area contributed by atoms with Gasteiger partial charge in [-0.3, -0.25) is 10.1 Å². The van der Waals surface area contributed by atoms with Gasteiger partial charge in [-0.1, -0.05) is 28.9 Å². The molecule has 3 heterocycles. The van der Waals surface area contributed by atoms with Crippen molar-refractivity contribution >= 4 is 45.5 Å². The molecule has 1 N–H and O–H groups in total. The molecule has 0 saturated heterocycles. The molecule has 0 aliphatic carbocycles. The van der Waals surface area contributed by atoms with Crippen molar-refractivity contribution in [3.05, 3.63) is 68.3 Å². The first-order chi connectivity index (χ1) is 12.9. The van der Waals surface area contributed by atoms with Crippen molar-refractivity contribution < 1.29 is 19.3 Å². The van der Waals surface area contributed by atoms with Gasteiger partial charge in [0, 0.05) is 17.5 Å². The largest absolute Gasteiger partial charge is 0.477 e. The summed E-state index contributed by atoms with van der Waals surface area (Å²) in [5.41, 5.74) is 0.424. The maximum absolute atomic E-state index is 11.6. The standard InChI is InChI=1S/C17H10ClN3O5S/c18-15-5-4-14(27-15)13-7-10(19-26-13)8-20-12(17(22)23)6-9-2-1-3-11(16(9)20)21(24)25/h1-7H,8H2,(H,22,23). The van der Waals surface area contributed by atoms with E-state index >= 15 is 0 Å². The van der Waals surface area contributed by atoms with Crippen LogP contribution in [0.5, 0.6) is 0 Å². The van der Waals surface area contributed by atoms with E-state index in [1.165, 1.54) is 34.1 Å². The molecule has 8 nitrogen and oxygen atoms in total. The van der Waals surface area contributed by atoms with E-state index in [1.54, 1.807) is 24.3 Å². The minimum atomic E-state index is -1.19. The lowest BCUT2D eigenvalue weighted by Crippen LogP contribution is -2.10. The van der Waals surface area contributed by atoms with Gasteiger partial charge in [0.1, 0.15) is 16.9 Å². The Bertz CT molecular complexity index is 1190. The first-order valence-electron chi connectivity index (χ1n) is 7.65. The smallest absolute Gasteiger partial charge is 0.352 e. The number of hydrogen-bond donors (Lipinski definition) is 1. The predicted octanol–water partition coefficient (Wildman–Crippen LogP) is 4.67. The van der Waals surface area contributed by atoms with Crippen LogP contribution in [0.2, 0.25) is 4.34 Å². The molecule has 0 aliphatic rings. The molecule has 4 aromatic rings. The number of fused-ring (bicyclic) bond motifs is 1. The van der Waals surface area contributed by atoms with Gasteiger partial charge in [0.25, 0.3) is 5.69 Å². The molecular formula is C17H10ClN3O5S. The van der Waals surface area contributed by atoms with Gasteiger partial charge in [-0.15, -0.1) is 11.3 Å². The number of carboxylic acid groups (broad SMARTS) is 1. The Hall–Kier alpha value is -3.17. The predicted molar refractivity (Wildman–Crippen MR) is 99.5 cm³/mol. The number of nitrogens with zero attached hydrogens (tertiary/aromatic N) is 3. The van der Waals surface area contributed by atoms with Crippen molar-refractivity contribution in [1.82, 2.24) is 9.72 Å². The number of carbonyl (C=O) groups is 1. The van der Waals surface area contributed by atoms with Gasteiger partial charge < -0.3 is 14.2 Å². The summed E-state index contributed by atoms with van der Waals surface area (Å²) in [6, 6.07) is 11.1. The Morgan fingerprint density at radius 1 is 1.33 bits per heavy atom. The van der Waals surface area contributed by atoms with E-state index < -0.39 is 10.9 Å². The van der Waals surface area contributed by atoms with E-state index in [1.807, 2.05) is 0 Å². The third kappa shape index (κ3) is 3.07. The molecule has 27 heavy (non-hydrogen) atoms. The average molecular weight is 404 g/mol. The number of non-ortho nitro benzene ring substituents is 1. The fourth-order valence-electron chi connectivity index (χ4n) is 2.90. The maximum Gasteiger partial charge on any atom is 0.352 e. The van der Waals surface area contributed by atoms with Crippen LogP contribution in [0.3, 0.4) is 0 Å². The topological polar surface area (TPSA) is 111 Å². The summed E-state index contributed by atoms with van der Waals surface area (Å²) in [5.74, 6) is -0.695. The number of halogens is 1. The number of thiophene rings is 1. The third-order valence-corrected chi connectivity index (χ3v) is 5.26. The Morgan fingerprint density at radius 3 is 2.81 bits per heavy atom. The Labute approximate surface area is 160 Å². The van der Waals surface area contributed by atoms with Crippen LogP contribution in [-0.4, -0.2) is 25.7 Å². The summed E-state index contributed by atoms with van der Waals surface area (Å²) in [7, 11) is 0. The van der Waals surface area contributed by atoms with Crippen LogP contribution in [0.25, 0.3) is 21.5 Å². The number of carboxylic acids is 1. The van der Waals surface area contributed by atoms with Crippen LogP contribution in [0.4, 0.5) is 5.69 Å². The molecule has 3 aromatic heterocycles. The van der Waals surface area contributed by atoms with Crippen LogP contribution in [0, 0.1) is 10.1 Å². The number of aromatic nitrogens is 2. The van der Waals surface area contributed by atoms with Gasteiger partial charge in [-0.25, -0.2) is 4.79 Å². The van der Waals surface area contributed by atoms with Crippen molar-refractivity contribution in [1.29, 1.82) is 0 Å². The van der Waals surface area contributed by atoms with Crippen molar-refractivity contribution in [3.63, 3.8) is 0 Å². The lowest BCUT2D eigenvalue weighted by Gasteiger charge is -2.06. The molecule has 0 amide bonds. The van der Waals surface area contributed by atoms with Crippen LogP contribution < -0.4 is 0 Å². The minimum Gasteiger partial charge on any atom is -0.477 e. The molecule has 136 valence electrons. The van der Waals surface area contributed by atoms with Crippen LogP contribution in [0.15, 0.2) is 47.0 Å². The number of aromatic carboxylic acids is 1. The summed E-state index contributed by atoms with van der Waals surface area (Å²) < 4.78 is 7.27. The van der Waals surface area contributed by atoms with E-state index in [9.17, 15) is 20.0 Å². The number of benzene rings is 1. The first kappa shape index (κ1) is 17.3. The Balaban J connectivity index is 1.81. The molecule has 4 rings (SSSR count). The summed E-state index contributed by atoms with van der Waals surface area (Å²) in [6.45, 7) is 0.0125. The Kier molecular flexibility index (Phi) is 4.17. The second kappa shape index (κ2) is 6.53. The second-order valence-corrected chi connectivity index (χ2v) is 7.39. The summed E-state index contributed by atoms with van der Waals surface area (Å²) in [5, 5.41) is 25.3. The highest BCUT2D eigenvalue weighted by Gasteiger charge is 2.23. The van der Waals surface area contributed by atoms with Crippen molar-refractivity contribution in [2.75, 3.05) is 0 Å². The van der Waals surface area contributed by atoms with E-state index in [2.05, 4.69) is 5.16 Å². The quantitative estimate of drug-likeness (QED) is 0.383. The number of nitro groups is 1. The monoisotopic (exact) mass is 403 g/mol. The highest BCUT2D eigenvalue weighted by Crippen LogP contribution is 2.33. The fraction of sp³-hybridized carbons (Fsp3) is 0.0588. The van der Waals surface area contributed by atoms with Gasteiger partial charge in [-0.05, 0) is 18.2 Å². The first-order valence-corrected chi connectivity index (χ1v) is 8.84. The molecule has 0 unspecified atom stereocenters. The molecule has 0 atom stereocenters. The van der Waals surface area contributed by atoms with Gasteiger partial charge in [0.05, 0.1) is 20.7 Å². The maximum atomic E-state index is 11.6. The highest BCUT2D eigenvalue weighted by molar-refractivity contribution is 7.19.